The Kier molecular flexibility index (Phi) is 5.26. The third-order valence-electron chi connectivity index (χ3n) is 3.84. The van der Waals surface area contributed by atoms with Crippen molar-refractivity contribution < 1.29 is 19.1 Å². The van der Waals surface area contributed by atoms with Crippen molar-refractivity contribution in [3.8, 4) is 5.75 Å². The van der Waals surface area contributed by atoms with Crippen LogP contribution in [-0.2, 0) is 4.74 Å². The number of carbonyl (C=O) groups is 1. The third kappa shape index (κ3) is 3.75. The molecule has 6 nitrogen and oxygen atoms in total. The van der Waals surface area contributed by atoms with Gasteiger partial charge in [-0.25, -0.2) is 4.79 Å². The number of rotatable bonds is 5. The van der Waals surface area contributed by atoms with Crippen LogP contribution in [0.3, 0.4) is 0 Å². The molecule has 24 heavy (non-hydrogen) atoms. The first-order valence-electron chi connectivity index (χ1n) is 8.08. The summed E-state index contributed by atoms with van der Waals surface area (Å²) in [6.07, 6.45) is -0.691. The number of hydrogen-bond acceptors (Lipinski definition) is 6. The first kappa shape index (κ1) is 18.0. The van der Waals surface area contributed by atoms with Crippen LogP contribution in [0.25, 0.3) is 0 Å². The molecule has 0 radical (unpaired) electrons. The lowest BCUT2D eigenvalue weighted by Gasteiger charge is -2.17. The largest absolute Gasteiger partial charge is 0.507 e. The molecule has 0 fully saturated rings. The minimum Gasteiger partial charge on any atom is -0.507 e. The second-order valence-electron chi connectivity index (χ2n) is 6.52. The summed E-state index contributed by atoms with van der Waals surface area (Å²) in [7, 11) is 0. The van der Waals surface area contributed by atoms with Crippen LogP contribution in [0.4, 0.5) is 0 Å². The zero-order valence-electron chi connectivity index (χ0n) is 15.0. The molecular formula is C18H24N2O4. The van der Waals surface area contributed by atoms with E-state index in [1.165, 1.54) is 0 Å². The van der Waals surface area contributed by atoms with Crippen molar-refractivity contribution in [2.24, 2.45) is 0 Å². The molecule has 0 unspecified atom stereocenters. The van der Waals surface area contributed by atoms with Crippen molar-refractivity contribution in [1.29, 1.82) is 0 Å². The van der Waals surface area contributed by atoms with E-state index in [9.17, 15) is 9.90 Å². The first-order chi connectivity index (χ1) is 11.2. The maximum atomic E-state index is 12.5. The molecule has 0 aliphatic rings. The topological polar surface area (TPSA) is 85.5 Å². The number of carbonyl (C=O) groups excluding carboxylic acids is 1. The molecule has 2 aromatic rings. The van der Waals surface area contributed by atoms with E-state index in [0.29, 0.717) is 5.89 Å². The average molecular weight is 332 g/mol. The first-order valence-corrected chi connectivity index (χ1v) is 8.08. The Morgan fingerprint density at radius 1 is 1.12 bits per heavy atom. The van der Waals surface area contributed by atoms with E-state index in [2.05, 4.69) is 10.2 Å². The number of hydrogen-bond donors (Lipinski definition) is 1. The van der Waals surface area contributed by atoms with Gasteiger partial charge in [0.1, 0.15) is 11.3 Å². The highest BCUT2D eigenvalue weighted by Crippen LogP contribution is 2.34. The smallest absolute Gasteiger partial charge is 0.342 e. The Labute approximate surface area is 141 Å². The molecule has 1 aromatic carbocycles. The van der Waals surface area contributed by atoms with Crippen LogP contribution in [-0.4, -0.2) is 21.3 Å². The zero-order chi connectivity index (χ0) is 18.0. The summed E-state index contributed by atoms with van der Waals surface area (Å²) in [6.45, 7) is 11.3. The second-order valence-corrected chi connectivity index (χ2v) is 6.52. The molecule has 2 rings (SSSR count). The lowest BCUT2D eigenvalue weighted by molar-refractivity contribution is 0.0273. The molecular weight excluding hydrogens is 308 g/mol. The van der Waals surface area contributed by atoms with Crippen LogP contribution < -0.4 is 0 Å². The third-order valence-corrected chi connectivity index (χ3v) is 3.84. The summed E-state index contributed by atoms with van der Waals surface area (Å²) < 4.78 is 10.7. The monoisotopic (exact) mass is 332 g/mol. The molecule has 1 aromatic heterocycles. The summed E-state index contributed by atoms with van der Waals surface area (Å²) in [5, 5.41) is 18.0. The fourth-order valence-electron chi connectivity index (χ4n) is 2.36. The normalized spacial score (nSPS) is 12.7. The van der Waals surface area contributed by atoms with Gasteiger partial charge in [-0.2, -0.15) is 0 Å². The maximum absolute atomic E-state index is 12.5. The summed E-state index contributed by atoms with van der Waals surface area (Å²) in [6, 6.07) is 3.62. The Hall–Kier alpha value is -2.37. The molecule has 0 saturated heterocycles. The van der Waals surface area contributed by atoms with Crippen molar-refractivity contribution in [1.82, 2.24) is 10.2 Å². The van der Waals surface area contributed by atoms with Gasteiger partial charge in [0.15, 0.2) is 6.10 Å². The Balaban J connectivity index is 2.34. The van der Waals surface area contributed by atoms with Crippen LogP contribution in [0.2, 0.25) is 0 Å². The van der Waals surface area contributed by atoms with Gasteiger partial charge in [-0.1, -0.05) is 33.8 Å². The van der Waals surface area contributed by atoms with E-state index in [4.69, 9.17) is 9.15 Å². The predicted octanol–water partition coefficient (Wildman–Crippen LogP) is 4.25. The highest BCUT2D eigenvalue weighted by Gasteiger charge is 2.24. The second kappa shape index (κ2) is 7.03. The standard InChI is InChI=1S/C18H24N2O4/c1-9(2)13-7-14(10(3)4)16(21)15(8-13)18(22)23-11(5)17-20-19-12(6)24-17/h7-11,21H,1-6H3/t11-/m0/s1. The lowest BCUT2D eigenvalue weighted by atomic mass is 9.92. The molecule has 6 heteroatoms. The highest BCUT2D eigenvalue weighted by molar-refractivity contribution is 5.93. The quantitative estimate of drug-likeness (QED) is 0.824. The van der Waals surface area contributed by atoms with Crippen molar-refractivity contribution in [2.75, 3.05) is 0 Å². The molecule has 130 valence electrons. The molecule has 0 amide bonds. The number of benzene rings is 1. The van der Waals surface area contributed by atoms with Crippen LogP contribution in [0.1, 0.15) is 85.8 Å². The van der Waals surface area contributed by atoms with Gasteiger partial charge in [-0.15, -0.1) is 10.2 Å². The number of aryl methyl sites for hydroxylation is 1. The van der Waals surface area contributed by atoms with Crippen LogP contribution >= 0.6 is 0 Å². The molecule has 0 aliphatic carbocycles. The van der Waals surface area contributed by atoms with E-state index < -0.39 is 12.1 Å². The summed E-state index contributed by atoms with van der Waals surface area (Å²) in [4.78, 5) is 12.5. The molecule has 0 bridgehead atoms. The number of phenolic OH excluding ortho intramolecular Hbond substituents is 1. The van der Waals surface area contributed by atoms with Crippen molar-refractivity contribution in [3.05, 3.63) is 40.6 Å². The molecule has 1 heterocycles. The summed E-state index contributed by atoms with van der Waals surface area (Å²) in [5.74, 6) is 0.301. The molecule has 1 atom stereocenters. The number of aromatic hydroxyl groups is 1. The Bertz CT molecular complexity index is 735. The van der Waals surface area contributed by atoms with Gasteiger partial charge in [-0.05, 0) is 36.0 Å². The molecule has 0 aliphatic heterocycles. The minimum atomic E-state index is -0.691. The number of ether oxygens (including phenoxy) is 1. The maximum Gasteiger partial charge on any atom is 0.342 e. The van der Waals surface area contributed by atoms with Crippen LogP contribution in [0.5, 0.6) is 5.75 Å². The molecule has 0 spiro atoms. The van der Waals surface area contributed by atoms with E-state index in [1.807, 2.05) is 33.8 Å². The van der Waals surface area contributed by atoms with Gasteiger partial charge in [-0.3, -0.25) is 0 Å². The van der Waals surface area contributed by atoms with Crippen molar-refractivity contribution >= 4 is 5.97 Å². The van der Waals surface area contributed by atoms with E-state index >= 15 is 0 Å². The molecule has 0 saturated carbocycles. The van der Waals surface area contributed by atoms with Gasteiger partial charge in [0.05, 0.1) is 0 Å². The summed E-state index contributed by atoms with van der Waals surface area (Å²) in [5.41, 5.74) is 1.87. The van der Waals surface area contributed by atoms with Crippen LogP contribution in [0, 0.1) is 6.92 Å². The fourth-order valence-corrected chi connectivity index (χ4v) is 2.36. The van der Waals surface area contributed by atoms with Gasteiger partial charge in [0, 0.05) is 6.92 Å². The fraction of sp³-hybridized carbons (Fsp3) is 0.500. The number of nitrogens with zero attached hydrogens (tertiary/aromatic N) is 2. The number of esters is 1. The van der Waals surface area contributed by atoms with Crippen molar-refractivity contribution in [3.63, 3.8) is 0 Å². The van der Waals surface area contributed by atoms with Gasteiger partial charge < -0.3 is 14.3 Å². The highest BCUT2D eigenvalue weighted by atomic mass is 16.6. The summed E-state index contributed by atoms with van der Waals surface area (Å²) >= 11 is 0. The SMILES string of the molecule is Cc1nnc([C@H](C)OC(=O)c2cc(C(C)C)cc(C(C)C)c2O)o1. The predicted molar refractivity (Wildman–Crippen MR) is 89.2 cm³/mol. The number of aromatic nitrogens is 2. The lowest BCUT2D eigenvalue weighted by Crippen LogP contribution is -2.11. The number of phenols is 1. The Morgan fingerprint density at radius 2 is 1.79 bits per heavy atom. The molecule has 1 N–H and O–H groups in total. The average Bonchev–Trinajstić information content (AvgIpc) is 2.93. The van der Waals surface area contributed by atoms with E-state index in [1.54, 1.807) is 19.9 Å². The zero-order valence-corrected chi connectivity index (χ0v) is 15.0. The Morgan fingerprint density at radius 3 is 2.29 bits per heavy atom. The van der Waals surface area contributed by atoms with Gasteiger partial charge in [0.2, 0.25) is 5.89 Å². The van der Waals surface area contributed by atoms with Crippen LogP contribution in [0.15, 0.2) is 16.5 Å². The van der Waals surface area contributed by atoms with Crippen molar-refractivity contribution in [2.45, 2.75) is 59.5 Å². The van der Waals surface area contributed by atoms with Gasteiger partial charge in [0.25, 0.3) is 5.89 Å². The van der Waals surface area contributed by atoms with E-state index in [-0.39, 0.29) is 29.0 Å². The minimum absolute atomic E-state index is 0.0340. The van der Waals surface area contributed by atoms with E-state index in [0.717, 1.165) is 11.1 Å². The van der Waals surface area contributed by atoms with Gasteiger partial charge >= 0.3 is 5.97 Å².